The van der Waals surface area contributed by atoms with Crippen molar-refractivity contribution in [2.45, 2.75) is 23.7 Å². The van der Waals surface area contributed by atoms with E-state index in [0.717, 1.165) is 16.7 Å². The quantitative estimate of drug-likeness (QED) is 0.671. The number of hydrogen-bond acceptors (Lipinski definition) is 5. The Bertz CT molecular complexity index is 1040. The number of rotatable bonds is 6. The third-order valence-corrected chi connectivity index (χ3v) is 5.36. The normalized spacial score (nSPS) is 13.9. The van der Waals surface area contributed by atoms with Gasteiger partial charge in [0.25, 0.3) is 0 Å². The molecule has 0 aliphatic carbocycles. The minimum absolute atomic E-state index is 0.0139. The van der Waals surface area contributed by atoms with Gasteiger partial charge in [0.05, 0.1) is 11.1 Å². The van der Waals surface area contributed by atoms with Crippen LogP contribution in [0.4, 0.5) is 0 Å². The molecule has 140 valence electrons. The molecule has 0 fully saturated rings. The summed E-state index contributed by atoms with van der Waals surface area (Å²) in [6.07, 6.45) is 2.76. The van der Waals surface area contributed by atoms with Crippen molar-refractivity contribution in [3.8, 4) is 11.1 Å². The molecule has 7 nitrogen and oxygen atoms in total. The molecule has 27 heavy (non-hydrogen) atoms. The van der Waals surface area contributed by atoms with Crippen LogP contribution >= 0.6 is 0 Å². The maximum atomic E-state index is 11.8. The first-order valence-corrected chi connectivity index (χ1v) is 9.68. The second kappa shape index (κ2) is 7.34. The Kier molecular flexibility index (Phi) is 5.11. The zero-order valence-corrected chi connectivity index (χ0v) is 15.3. The Labute approximate surface area is 156 Å². The van der Waals surface area contributed by atoms with Gasteiger partial charge in [0.1, 0.15) is 12.2 Å². The van der Waals surface area contributed by atoms with E-state index in [1.165, 1.54) is 24.6 Å². The number of nitrogens with zero attached hydrogens (tertiary/aromatic N) is 1. The highest BCUT2D eigenvalue weighted by Gasteiger charge is 2.32. The molecule has 0 saturated carbocycles. The Balaban J connectivity index is 2.04. The summed E-state index contributed by atoms with van der Waals surface area (Å²) in [7, 11) is -3.78. The van der Waals surface area contributed by atoms with Crippen LogP contribution in [-0.4, -0.2) is 24.5 Å². The van der Waals surface area contributed by atoms with Crippen molar-refractivity contribution in [2.75, 3.05) is 0 Å². The summed E-state index contributed by atoms with van der Waals surface area (Å²) in [5.41, 5.74) is 2.33. The first kappa shape index (κ1) is 18.8. The van der Waals surface area contributed by atoms with Crippen LogP contribution in [0, 0.1) is 0 Å². The second-order valence-corrected chi connectivity index (χ2v) is 7.69. The van der Waals surface area contributed by atoms with E-state index in [2.05, 4.69) is 4.98 Å². The smallest absolute Gasteiger partial charge is 0.316 e. The molecule has 0 aliphatic heterocycles. The predicted molar refractivity (Wildman–Crippen MR) is 98.5 cm³/mol. The number of carboxylic acids is 1. The zero-order chi connectivity index (χ0) is 19.6. The fourth-order valence-electron chi connectivity index (χ4n) is 3.08. The molecule has 0 aliphatic rings. The number of oxazole rings is 1. The van der Waals surface area contributed by atoms with Crippen molar-refractivity contribution in [1.29, 1.82) is 0 Å². The van der Waals surface area contributed by atoms with Crippen molar-refractivity contribution in [2.24, 2.45) is 5.14 Å². The Hall–Kier alpha value is -2.97. The summed E-state index contributed by atoms with van der Waals surface area (Å²) in [5, 5.41) is 14.8. The topological polar surface area (TPSA) is 123 Å². The second-order valence-electron chi connectivity index (χ2n) is 6.13. The first-order chi connectivity index (χ1) is 12.8. The number of nitrogens with two attached hydrogens (primary N) is 1. The van der Waals surface area contributed by atoms with Crippen molar-refractivity contribution < 1.29 is 22.7 Å². The van der Waals surface area contributed by atoms with Gasteiger partial charge in [0, 0.05) is 5.92 Å². The molecule has 0 saturated heterocycles. The van der Waals surface area contributed by atoms with Gasteiger partial charge in [-0.2, -0.15) is 0 Å². The predicted octanol–water partition coefficient (Wildman–Crippen LogP) is 2.96. The minimum atomic E-state index is -3.78. The Morgan fingerprint density at radius 2 is 1.81 bits per heavy atom. The number of aromatic nitrogens is 1. The highest BCUT2D eigenvalue weighted by atomic mass is 32.2. The average Bonchev–Trinajstić information content (AvgIpc) is 3.15. The lowest BCUT2D eigenvalue weighted by Crippen LogP contribution is -2.19. The maximum absolute atomic E-state index is 11.8. The summed E-state index contributed by atoms with van der Waals surface area (Å²) in [6.45, 7) is 1.79. The van der Waals surface area contributed by atoms with Crippen molar-refractivity contribution in [3.05, 3.63) is 72.4 Å². The number of carboxylic acid groups (broad SMARTS) is 1. The molecule has 3 rings (SSSR count). The molecule has 1 heterocycles. The van der Waals surface area contributed by atoms with Crippen LogP contribution in [0.1, 0.15) is 30.2 Å². The minimum Gasteiger partial charge on any atom is -0.481 e. The summed E-state index contributed by atoms with van der Waals surface area (Å²) >= 11 is 0. The number of carbonyl (C=O) groups is 1. The SMILES string of the molecule is CC(c1ccccc1-c1ccc(S(N)(=O)=O)cc1)C(C(=O)O)c1ncco1. The highest BCUT2D eigenvalue weighted by Crippen LogP contribution is 2.37. The van der Waals surface area contributed by atoms with Gasteiger partial charge in [-0.25, -0.2) is 18.5 Å². The zero-order valence-electron chi connectivity index (χ0n) is 14.4. The molecule has 0 radical (unpaired) electrons. The summed E-state index contributed by atoms with van der Waals surface area (Å²) in [4.78, 5) is 15.8. The molecule has 3 N–H and O–H groups in total. The van der Waals surface area contributed by atoms with E-state index >= 15 is 0 Å². The first-order valence-electron chi connectivity index (χ1n) is 8.13. The molecule has 2 aromatic carbocycles. The van der Waals surface area contributed by atoms with Gasteiger partial charge in [-0.3, -0.25) is 4.79 Å². The maximum Gasteiger partial charge on any atom is 0.316 e. The van der Waals surface area contributed by atoms with Crippen molar-refractivity contribution in [3.63, 3.8) is 0 Å². The van der Waals surface area contributed by atoms with Gasteiger partial charge >= 0.3 is 5.97 Å². The lowest BCUT2D eigenvalue weighted by atomic mass is 9.83. The number of hydrogen-bond donors (Lipinski definition) is 2. The summed E-state index contributed by atoms with van der Waals surface area (Å²) in [6, 6.07) is 13.5. The van der Waals surface area contributed by atoms with E-state index in [1.807, 2.05) is 24.3 Å². The number of primary sulfonamides is 1. The Morgan fingerprint density at radius 1 is 1.15 bits per heavy atom. The van der Waals surface area contributed by atoms with Crippen LogP contribution < -0.4 is 5.14 Å². The van der Waals surface area contributed by atoms with E-state index < -0.39 is 27.8 Å². The molecule has 1 aromatic heterocycles. The number of sulfonamides is 1. The van der Waals surface area contributed by atoms with Crippen LogP contribution in [0.5, 0.6) is 0 Å². The van der Waals surface area contributed by atoms with Gasteiger partial charge in [0.2, 0.25) is 15.9 Å². The average molecular weight is 386 g/mol. The molecular formula is C19H18N2O5S. The van der Waals surface area contributed by atoms with Gasteiger partial charge in [-0.1, -0.05) is 43.3 Å². The number of aliphatic carboxylic acids is 1. The van der Waals surface area contributed by atoms with E-state index in [-0.39, 0.29) is 10.8 Å². The molecule has 0 bridgehead atoms. The van der Waals surface area contributed by atoms with E-state index in [0.29, 0.717) is 0 Å². The lowest BCUT2D eigenvalue weighted by Gasteiger charge is -2.21. The Morgan fingerprint density at radius 3 is 2.37 bits per heavy atom. The monoisotopic (exact) mass is 386 g/mol. The summed E-state index contributed by atoms with van der Waals surface area (Å²) < 4.78 is 28.1. The van der Waals surface area contributed by atoms with Crippen molar-refractivity contribution in [1.82, 2.24) is 4.98 Å². The van der Waals surface area contributed by atoms with Gasteiger partial charge in [-0.05, 0) is 28.8 Å². The summed E-state index contributed by atoms with van der Waals surface area (Å²) in [5.74, 6) is -2.29. The van der Waals surface area contributed by atoms with Crippen LogP contribution in [-0.2, 0) is 14.8 Å². The fraction of sp³-hybridized carbons (Fsp3) is 0.158. The van der Waals surface area contributed by atoms with Crippen LogP contribution in [0.15, 0.2) is 70.3 Å². The molecule has 0 spiro atoms. The standard InChI is InChI=1S/C19H18N2O5S/c1-12(17(19(22)23)18-21-10-11-26-18)15-4-2-3-5-16(15)13-6-8-14(9-7-13)27(20,24)25/h2-12,17H,1H3,(H,22,23)(H2,20,24,25). The molecule has 8 heteroatoms. The van der Waals surface area contributed by atoms with Gasteiger partial charge in [-0.15, -0.1) is 0 Å². The lowest BCUT2D eigenvalue weighted by molar-refractivity contribution is -0.139. The molecule has 3 aromatic rings. The third kappa shape index (κ3) is 3.91. The highest BCUT2D eigenvalue weighted by molar-refractivity contribution is 7.89. The van der Waals surface area contributed by atoms with E-state index in [9.17, 15) is 18.3 Å². The fourth-order valence-corrected chi connectivity index (χ4v) is 3.60. The van der Waals surface area contributed by atoms with Crippen LogP contribution in [0.2, 0.25) is 0 Å². The molecular weight excluding hydrogens is 368 g/mol. The number of benzene rings is 2. The molecule has 0 amide bonds. The van der Waals surface area contributed by atoms with Crippen LogP contribution in [0.25, 0.3) is 11.1 Å². The van der Waals surface area contributed by atoms with Gasteiger partial charge in [0.15, 0.2) is 0 Å². The van der Waals surface area contributed by atoms with Crippen LogP contribution in [0.3, 0.4) is 0 Å². The molecule has 2 atom stereocenters. The largest absolute Gasteiger partial charge is 0.481 e. The van der Waals surface area contributed by atoms with E-state index in [4.69, 9.17) is 9.56 Å². The molecule has 2 unspecified atom stereocenters. The van der Waals surface area contributed by atoms with Crippen molar-refractivity contribution >= 4 is 16.0 Å². The van der Waals surface area contributed by atoms with Gasteiger partial charge < -0.3 is 9.52 Å². The van der Waals surface area contributed by atoms with E-state index in [1.54, 1.807) is 19.1 Å². The third-order valence-electron chi connectivity index (χ3n) is 4.43.